The first-order valence-corrected chi connectivity index (χ1v) is 8.18. The number of sulfone groups is 1. The summed E-state index contributed by atoms with van der Waals surface area (Å²) in [4.78, 5) is 13.3. The van der Waals surface area contributed by atoms with Gasteiger partial charge < -0.3 is 14.7 Å². The first-order valence-electron chi connectivity index (χ1n) is 6.29. The van der Waals surface area contributed by atoms with Crippen molar-refractivity contribution in [3.05, 3.63) is 0 Å². The molecule has 0 aliphatic carbocycles. The van der Waals surface area contributed by atoms with Crippen LogP contribution in [-0.4, -0.2) is 60.8 Å². The Morgan fingerprint density at radius 2 is 1.79 bits per heavy atom. The van der Waals surface area contributed by atoms with Gasteiger partial charge in [-0.2, -0.15) is 0 Å². The number of likely N-dealkylation sites (tertiary alicyclic amines) is 1. The Labute approximate surface area is 114 Å². The standard InChI is InChI=1S/C12H23NO5S/c1-11(2,3)18-10(15)13-7-5-12(9-14,6-8-13)19(4,16)17/h14H,5-9H2,1-4H3. The van der Waals surface area contributed by atoms with Crippen LogP contribution in [0.5, 0.6) is 0 Å². The average molecular weight is 293 g/mol. The van der Waals surface area contributed by atoms with Crippen molar-refractivity contribution >= 4 is 15.9 Å². The zero-order valence-electron chi connectivity index (χ0n) is 12.0. The molecule has 0 radical (unpaired) electrons. The van der Waals surface area contributed by atoms with Crippen LogP contribution in [0.15, 0.2) is 0 Å². The molecule has 1 aliphatic heterocycles. The molecule has 0 aromatic carbocycles. The third-order valence-corrected chi connectivity index (χ3v) is 5.51. The van der Waals surface area contributed by atoms with E-state index in [1.165, 1.54) is 4.90 Å². The van der Waals surface area contributed by atoms with Crippen LogP contribution >= 0.6 is 0 Å². The van der Waals surface area contributed by atoms with E-state index in [0.717, 1.165) is 6.26 Å². The Morgan fingerprint density at radius 3 is 2.11 bits per heavy atom. The molecule has 112 valence electrons. The van der Waals surface area contributed by atoms with Gasteiger partial charge in [-0.3, -0.25) is 0 Å². The van der Waals surface area contributed by atoms with Crippen LogP contribution < -0.4 is 0 Å². The summed E-state index contributed by atoms with van der Waals surface area (Å²) >= 11 is 0. The molecule has 1 N–H and O–H groups in total. The predicted molar refractivity (Wildman–Crippen MR) is 71.7 cm³/mol. The topological polar surface area (TPSA) is 83.9 Å². The van der Waals surface area contributed by atoms with E-state index in [1.54, 1.807) is 20.8 Å². The molecule has 1 heterocycles. The number of rotatable bonds is 2. The number of aliphatic hydroxyl groups is 1. The fraction of sp³-hybridized carbons (Fsp3) is 0.917. The maximum Gasteiger partial charge on any atom is 0.410 e. The second-order valence-electron chi connectivity index (χ2n) is 6.08. The van der Waals surface area contributed by atoms with Crippen molar-refractivity contribution in [3.8, 4) is 0 Å². The number of amides is 1. The fourth-order valence-electron chi connectivity index (χ4n) is 2.07. The van der Waals surface area contributed by atoms with E-state index < -0.39 is 32.9 Å². The minimum absolute atomic E-state index is 0.238. The summed E-state index contributed by atoms with van der Waals surface area (Å²) in [5.74, 6) is 0. The number of hydrogen-bond acceptors (Lipinski definition) is 5. The van der Waals surface area contributed by atoms with Gasteiger partial charge in [0.05, 0.1) is 11.4 Å². The number of carbonyl (C=O) groups excluding carboxylic acids is 1. The highest BCUT2D eigenvalue weighted by molar-refractivity contribution is 7.92. The van der Waals surface area contributed by atoms with Crippen LogP contribution in [0, 0.1) is 0 Å². The molecule has 1 amide bonds. The van der Waals surface area contributed by atoms with Gasteiger partial charge in [-0.05, 0) is 33.6 Å². The van der Waals surface area contributed by atoms with Crippen molar-refractivity contribution < 1.29 is 23.1 Å². The van der Waals surface area contributed by atoms with E-state index in [-0.39, 0.29) is 25.9 Å². The first-order chi connectivity index (χ1) is 8.51. The van der Waals surface area contributed by atoms with Gasteiger partial charge in [0, 0.05) is 19.3 Å². The van der Waals surface area contributed by atoms with Crippen LogP contribution in [0.25, 0.3) is 0 Å². The molecule has 19 heavy (non-hydrogen) atoms. The summed E-state index contributed by atoms with van der Waals surface area (Å²) < 4.78 is 27.6. The number of piperidine rings is 1. The van der Waals surface area contributed by atoms with Gasteiger partial charge in [-0.15, -0.1) is 0 Å². The van der Waals surface area contributed by atoms with Crippen molar-refractivity contribution in [2.45, 2.75) is 44.0 Å². The van der Waals surface area contributed by atoms with Gasteiger partial charge in [-0.1, -0.05) is 0 Å². The van der Waals surface area contributed by atoms with E-state index in [1.807, 2.05) is 0 Å². The minimum atomic E-state index is -3.35. The highest BCUT2D eigenvalue weighted by Crippen LogP contribution is 2.30. The van der Waals surface area contributed by atoms with Crippen molar-refractivity contribution in [2.24, 2.45) is 0 Å². The zero-order chi connectivity index (χ0) is 14.9. The highest BCUT2D eigenvalue weighted by Gasteiger charge is 2.44. The second kappa shape index (κ2) is 5.28. The molecule has 0 bridgehead atoms. The maximum absolute atomic E-state index is 11.9. The molecule has 0 unspecified atom stereocenters. The molecule has 0 spiro atoms. The Morgan fingerprint density at radius 1 is 1.32 bits per heavy atom. The normalized spacial score (nSPS) is 20.2. The summed E-state index contributed by atoms with van der Waals surface area (Å²) in [7, 11) is -3.35. The van der Waals surface area contributed by atoms with Crippen LogP contribution in [-0.2, 0) is 14.6 Å². The summed E-state index contributed by atoms with van der Waals surface area (Å²) in [6.45, 7) is 5.50. The minimum Gasteiger partial charge on any atom is -0.444 e. The number of ether oxygens (including phenoxy) is 1. The third kappa shape index (κ3) is 3.82. The van der Waals surface area contributed by atoms with Crippen molar-refractivity contribution in [1.29, 1.82) is 0 Å². The third-order valence-electron chi connectivity index (χ3n) is 3.40. The van der Waals surface area contributed by atoms with Crippen LogP contribution in [0.3, 0.4) is 0 Å². The predicted octanol–water partition coefficient (Wildman–Crippen LogP) is 0.793. The molecule has 1 fully saturated rings. The summed E-state index contributed by atoms with van der Waals surface area (Å²) in [5, 5.41) is 9.37. The molecule has 0 aromatic rings. The zero-order valence-corrected chi connectivity index (χ0v) is 12.8. The highest BCUT2D eigenvalue weighted by atomic mass is 32.2. The Kier molecular flexibility index (Phi) is 4.51. The lowest BCUT2D eigenvalue weighted by molar-refractivity contribution is 0.0174. The summed E-state index contributed by atoms with van der Waals surface area (Å²) in [6.07, 6.45) is 1.17. The van der Waals surface area contributed by atoms with Gasteiger partial charge in [0.2, 0.25) is 0 Å². The van der Waals surface area contributed by atoms with E-state index in [0.29, 0.717) is 0 Å². The largest absolute Gasteiger partial charge is 0.444 e. The maximum atomic E-state index is 11.9. The second-order valence-corrected chi connectivity index (χ2v) is 8.49. The number of carbonyl (C=O) groups is 1. The Hall–Kier alpha value is -0.820. The van der Waals surface area contributed by atoms with Crippen LogP contribution in [0.2, 0.25) is 0 Å². The molecule has 6 nitrogen and oxygen atoms in total. The van der Waals surface area contributed by atoms with Gasteiger partial charge in [0.15, 0.2) is 9.84 Å². The molecule has 1 aliphatic rings. The van der Waals surface area contributed by atoms with Crippen molar-refractivity contribution in [3.63, 3.8) is 0 Å². The molecular formula is C12H23NO5S. The lowest BCUT2D eigenvalue weighted by Crippen LogP contribution is -2.53. The molecular weight excluding hydrogens is 270 g/mol. The monoisotopic (exact) mass is 293 g/mol. The Bertz CT molecular complexity index is 430. The number of aliphatic hydroxyl groups excluding tert-OH is 1. The SMILES string of the molecule is CC(C)(C)OC(=O)N1CCC(CO)(S(C)(=O)=O)CC1. The van der Waals surface area contributed by atoms with Gasteiger partial charge in [0.1, 0.15) is 5.60 Å². The lowest BCUT2D eigenvalue weighted by atomic mass is 9.97. The lowest BCUT2D eigenvalue weighted by Gasteiger charge is -2.39. The molecule has 1 saturated heterocycles. The first kappa shape index (κ1) is 16.2. The fourth-order valence-corrected chi connectivity index (χ4v) is 3.23. The van der Waals surface area contributed by atoms with Gasteiger partial charge in [-0.25, -0.2) is 13.2 Å². The van der Waals surface area contributed by atoms with E-state index >= 15 is 0 Å². The van der Waals surface area contributed by atoms with E-state index in [9.17, 15) is 18.3 Å². The Balaban J connectivity index is 2.70. The van der Waals surface area contributed by atoms with Crippen LogP contribution in [0.4, 0.5) is 4.79 Å². The molecule has 0 aromatic heterocycles. The summed E-state index contributed by atoms with van der Waals surface area (Å²) in [6, 6.07) is 0. The van der Waals surface area contributed by atoms with Crippen molar-refractivity contribution in [2.75, 3.05) is 26.0 Å². The van der Waals surface area contributed by atoms with Gasteiger partial charge in [0.25, 0.3) is 0 Å². The molecule has 0 saturated carbocycles. The van der Waals surface area contributed by atoms with Crippen LogP contribution in [0.1, 0.15) is 33.6 Å². The van der Waals surface area contributed by atoms with Gasteiger partial charge >= 0.3 is 6.09 Å². The smallest absolute Gasteiger partial charge is 0.410 e. The average Bonchev–Trinajstić information content (AvgIpc) is 2.25. The molecule has 7 heteroatoms. The quantitative estimate of drug-likeness (QED) is 0.814. The van der Waals surface area contributed by atoms with E-state index in [4.69, 9.17) is 4.74 Å². The van der Waals surface area contributed by atoms with E-state index in [2.05, 4.69) is 0 Å². The number of nitrogens with zero attached hydrogens (tertiary/aromatic N) is 1. The number of hydrogen-bond donors (Lipinski definition) is 1. The molecule has 0 atom stereocenters. The summed E-state index contributed by atoms with van der Waals surface area (Å²) in [5.41, 5.74) is -0.570. The molecule has 1 rings (SSSR count). The van der Waals surface area contributed by atoms with Crippen molar-refractivity contribution in [1.82, 2.24) is 4.90 Å².